The van der Waals surface area contributed by atoms with Crippen molar-refractivity contribution in [3.05, 3.63) is 112 Å². The normalized spacial score (nSPS) is 10.9. The van der Waals surface area contributed by atoms with Gasteiger partial charge in [0.25, 0.3) is 5.56 Å². The van der Waals surface area contributed by atoms with Gasteiger partial charge >= 0.3 is 0 Å². The van der Waals surface area contributed by atoms with Crippen molar-refractivity contribution in [2.75, 3.05) is 0 Å². The molecule has 1 aromatic heterocycles. The van der Waals surface area contributed by atoms with Crippen LogP contribution in [0.4, 0.5) is 0 Å². The number of hydrogen-bond acceptors (Lipinski definition) is 1. The van der Waals surface area contributed by atoms with Gasteiger partial charge in [-0.2, -0.15) is 0 Å². The molecule has 0 unspecified atom stereocenters. The van der Waals surface area contributed by atoms with E-state index in [-0.39, 0.29) is 5.56 Å². The summed E-state index contributed by atoms with van der Waals surface area (Å²) >= 11 is 0. The molecule has 2 nitrogen and oxygen atoms in total. The third-order valence-corrected chi connectivity index (χ3v) is 5.69. The van der Waals surface area contributed by atoms with Crippen LogP contribution in [0.2, 0.25) is 0 Å². The standard InChI is InChI=1S/C28H27NO/c1-4-24-25(5-2)29(23-18-16-20(3)17-19-23)28(30)27(22-14-10-7-11-15-22)26(24)21-12-8-6-9-13-21/h6-19H,4-5H2,1-3H3. The van der Waals surface area contributed by atoms with Crippen LogP contribution in [0.25, 0.3) is 27.9 Å². The van der Waals surface area contributed by atoms with Gasteiger partial charge in [0.15, 0.2) is 0 Å². The molecule has 0 radical (unpaired) electrons. The van der Waals surface area contributed by atoms with Crippen LogP contribution in [0.15, 0.2) is 89.7 Å². The highest BCUT2D eigenvalue weighted by Gasteiger charge is 2.22. The van der Waals surface area contributed by atoms with E-state index in [9.17, 15) is 4.79 Å². The van der Waals surface area contributed by atoms with Crippen molar-refractivity contribution in [2.45, 2.75) is 33.6 Å². The highest BCUT2D eigenvalue weighted by atomic mass is 16.1. The molecule has 1 heterocycles. The summed E-state index contributed by atoms with van der Waals surface area (Å²) in [6.45, 7) is 6.38. The van der Waals surface area contributed by atoms with Gasteiger partial charge in [0.1, 0.15) is 0 Å². The Kier molecular flexibility index (Phi) is 5.67. The van der Waals surface area contributed by atoms with Gasteiger partial charge < -0.3 is 0 Å². The van der Waals surface area contributed by atoms with Gasteiger partial charge in [-0.25, -0.2) is 0 Å². The third-order valence-electron chi connectivity index (χ3n) is 5.69. The summed E-state index contributed by atoms with van der Waals surface area (Å²) in [5.41, 5.74) is 8.37. The number of hydrogen-bond donors (Lipinski definition) is 0. The van der Waals surface area contributed by atoms with Crippen molar-refractivity contribution < 1.29 is 0 Å². The van der Waals surface area contributed by atoms with Gasteiger partial charge in [-0.15, -0.1) is 0 Å². The predicted molar refractivity (Wildman–Crippen MR) is 126 cm³/mol. The van der Waals surface area contributed by atoms with Crippen LogP contribution in [-0.2, 0) is 12.8 Å². The number of rotatable bonds is 5. The Morgan fingerprint density at radius 1 is 0.667 bits per heavy atom. The first-order valence-electron chi connectivity index (χ1n) is 10.6. The predicted octanol–water partition coefficient (Wildman–Crippen LogP) is 6.60. The maximum absolute atomic E-state index is 14.1. The van der Waals surface area contributed by atoms with Gasteiger partial charge in [0.2, 0.25) is 0 Å². The lowest BCUT2D eigenvalue weighted by Crippen LogP contribution is -2.26. The van der Waals surface area contributed by atoms with Crippen LogP contribution in [0.3, 0.4) is 0 Å². The Balaban J connectivity index is 2.18. The fourth-order valence-electron chi connectivity index (χ4n) is 4.29. The summed E-state index contributed by atoms with van der Waals surface area (Å²) in [4.78, 5) is 14.1. The first kappa shape index (κ1) is 19.9. The number of nitrogens with zero attached hydrogens (tertiary/aromatic N) is 1. The molecule has 0 fully saturated rings. The van der Waals surface area contributed by atoms with E-state index in [1.165, 1.54) is 11.1 Å². The van der Waals surface area contributed by atoms with Crippen LogP contribution >= 0.6 is 0 Å². The topological polar surface area (TPSA) is 22.0 Å². The lowest BCUT2D eigenvalue weighted by molar-refractivity contribution is 0.847. The molecule has 0 atom stereocenters. The minimum atomic E-state index is 0.0398. The van der Waals surface area contributed by atoms with Crippen molar-refractivity contribution in [1.29, 1.82) is 0 Å². The highest BCUT2D eigenvalue weighted by Crippen LogP contribution is 2.35. The zero-order valence-corrected chi connectivity index (χ0v) is 17.9. The average Bonchev–Trinajstić information content (AvgIpc) is 2.80. The second kappa shape index (κ2) is 8.54. The molecule has 0 aliphatic carbocycles. The lowest BCUT2D eigenvalue weighted by Gasteiger charge is -2.23. The molecule has 0 saturated carbocycles. The molecule has 4 aromatic rings. The maximum atomic E-state index is 14.1. The molecule has 3 aromatic carbocycles. The zero-order chi connectivity index (χ0) is 21.1. The van der Waals surface area contributed by atoms with Crippen LogP contribution < -0.4 is 5.56 Å². The molecule has 0 aliphatic heterocycles. The van der Waals surface area contributed by atoms with Crippen LogP contribution in [0.5, 0.6) is 0 Å². The number of aryl methyl sites for hydroxylation is 1. The monoisotopic (exact) mass is 393 g/mol. The van der Waals surface area contributed by atoms with Crippen molar-refractivity contribution in [3.63, 3.8) is 0 Å². The Morgan fingerprint density at radius 3 is 1.70 bits per heavy atom. The van der Waals surface area contributed by atoms with Crippen LogP contribution in [0.1, 0.15) is 30.7 Å². The lowest BCUT2D eigenvalue weighted by atomic mass is 9.88. The van der Waals surface area contributed by atoms with Crippen LogP contribution in [0, 0.1) is 6.92 Å². The first-order valence-corrected chi connectivity index (χ1v) is 10.6. The summed E-state index contributed by atoms with van der Waals surface area (Å²) in [7, 11) is 0. The van der Waals surface area contributed by atoms with E-state index in [1.807, 2.05) is 65.2 Å². The van der Waals surface area contributed by atoms with Crippen molar-refractivity contribution in [1.82, 2.24) is 4.57 Å². The van der Waals surface area contributed by atoms with Gasteiger partial charge in [0, 0.05) is 11.4 Å². The van der Waals surface area contributed by atoms with E-state index in [0.29, 0.717) is 0 Å². The minimum Gasteiger partial charge on any atom is -0.280 e. The van der Waals surface area contributed by atoms with Gasteiger partial charge in [0.05, 0.1) is 5.56 Å². The average molecular weight is 394 g/mol. The van der Waals surface area contributed by atoms with Gasteiger partial charge in [-0.05, 0) is 54.2 Å². The smallest absolute Gasteiger partial charge is 0.263 e. The summed E-state index contributed by atoms with van der Waals surface area (Å²) in [6.07, 6.45) is 1.65. The number of aromatic nitrogens is 1. The molecule has 0 saturated heterocycles. The largest absolute Gasteiger partial charge is 0.280 e. The fraction of sp³-hybridized carbons (Fsp3) is 0.179. The summed E-state index contributed by atoms with van der Waals surface area (Å²) < 4.78 is 1.92. The molecule has 0 aliphatic rings. The van der Waals surface area contributed by atoms with E-state index in [1.54, 1.807) is 0 Å². The summed E-state index contributed by atoms with van der Waals surface area (Å²) in [5, 5.41) is 0. The highest BCUT2D eigenvalue weighted by molar-refractivity contribution is 5.86. The summed E-state index contributed by atoms with van der Waals surface area (Å²) in [6, 6.07) is 28.6. The van der Waals surface area contributed by atoms with E-state index < -0.39 is 0 Å². The second-order valence-electron chi connectivity index (χ2n) is 7.59. The summed E-state index contributed by atoms with van der Waals surface area (Å²) in [5.74, 6) is 0. The molecule has 2 heteroatoms. The van der Waals surface area contributed by atoms with E-state index in [0.717, 1.165) is 46.5 Å². The fourth-order valence-corrected chi connectivity index (χ4v) is 4.29. The molecule has 0 N–H and O–H groups in total. The molecule has 0 bridgehead atoms. The van der Waals surface area contributed by atoms with Gasteiger partial charge in [-0.1, -0.05) is 92.2 Å². The Bertz CT molecular complexity index is 1200. The van der Waals surface area contributed by atoms with E-state index in [2.05, 4.69) is 45.0 Å². The Labute approximate surface area is 178 Å². The molecule has 30 heavy (non-hydrogen) atoms. The third kappa shape index (κ3) is 3.50. The molecular weight excluding hydrogens is 366 g/mol. The van der Waals surface area contributed by atoms with E-state index in [4.69, 9.17) is 0 Å². The Hall–Kier alpha value is -3.39. The van der Waals surface area contributed by atoms with Crippen molar-refractivity contribution >= 4 is 0 Å². The van der Waals surface area contributed by atoms with E-state index >= 15 is 0 Å². The van der Waals surface area contributed by atoms with Gasteiger partial charge in [-0.3, -0.25) is 9.36 Å². The van der Waals surface area contributed by atoms with Crippen molar-refractivity contribution in [2.24, 2.45) is 0 Å². The molecular formula is C28H27NO. The van der Waals surface area contributed by atoms with Crippen molar-refractivity contribution in [3.8, 4) is 27.9 Å². The molecule has 4 rings (SSSR count). The second-order valence-corrected chi connectivity index (χ2v) is 7.59. The maximum Gasteiger partial charge on any atom is 0.263 e. The zero-order valence-electron chi connectivity index (χ0n) is 17.9. The quantitative estimate of drug-likeness (QED) is 0.374. The van der Waals surface area contributed by atoms with Crippen LogP contribution in [-0.4, -0.2) is 4.57 Å². The molecule has 0 amide bonds. The number of benzene rings is 3. The number of pyridine rings is 1. The Morgan fingerprint density at radius 2 is 1.20 bits per heavy atom. The first-order chi connectivity index (χ1) is 14.7. The SMILES string of the molecule is CCc1c(-c2ccccc2)c(-c2ccccc2)c(=O)n(-c2ccc(C)cc2)c1CC. The minimum absolute atomic E-state index is 0.0398. The molecule has 150 valence electrons. The molecule has 0 spiro atoms.